The summed E-state index contributed by atoms with van der Waals surface area (Å²) in [5.41, 5.74) is 0. The first-order chi connectivity index (χ1) is 18.6. The smallest absolute Gasteiger partial charge is 0.220 e. The van der Waals surface area contributed by atoms with Gasteiger partial charge in [0, 0.05) is 42.7 Å². The average Bonchev–Trinajstić information content (AvgIpc) is 2.95. The third-order valence-corrected chi connectivity index (χ3v) is 8.62. The molecule has 0 aliphatic carbocycles. The maximum atomic E-state index is 10.3. The van der Waals surface area contributed by atoms with E-state index < -0.39 is 72.4 Å². The molecule has 0 spiro atoms. The van der Waals surface area contributed by atoms with Crippen LogP contribution in [0.25, 0.3) is 0 Å². The molecule has 4 saturated heterocycles. The topological polar surface area (TPSA) is 151 Å². The number of aliphatic hydroxyl groups is 2. The second-order valence-corrected chi connectivity index (χ2v) is 10.8. The molecule has 0 radical (unpaired) electrons. The van der Waals surface area contributed by atoms with Crippen LogP contribution in [0.2, 0.25) is 0 Å². The van der Waals surface area contributed by atoms with Gasteiger partial charge in [0.05, 0.1) is 12.2 Å². The molecule has 0 bridgehead atoms. The highest BCUT2D eigenvalue weighted by Crippen LogP contribution is 2.44. The Balaban J connectivity index is 0.000000220. The number of fused-ring (bicyclic) bond motifs is 2. The molecule has 2 N–H and O–H groups in total. The molecule has 4 rings (SSSR count). The lowest BCUT2D eigenvalue weighted by Crippen LogP contribution is -2.72. The van der Waals surface area contributed by atoms with Crippen molar-refractivity contribution in [2.75, 3.05) is 42.7 Å². The summed E-state index contributed by atoms with van der Waals surface area (Å²) in [6, 6.07) is 0. The van der Waals surface area contributed by atoms with Crippen molar-refractivity contribution in [2.24, 2.45) is 0 Å². The summed E-state index contributed by atoms with van der Waals surface area (Å²) >= 11 is 0. The molecule has 0 aromatic rings. The Hall–Kier alpha value is -0.560. The fourth-order valence-electron chi connectivity index (χ4n) is 5.36. The monoisotopic (exact) mass is 584 g/mol. The van der Waals surface area contributed by atoms with Crippen LogP contribution in [0.4, 0.5) is 0 Å². The minimum absolute atomic E-state index is 0.316. The van der Waals surface area contributed by atoms with Crippen molar-refractivity contribution in [3.05, 3.63) is 0 Å². The zero-order valence-corrected chi connectivity index (χ0v) is 25.6. The molecule has 4 fully saturated rings. The van der Waals surface area contributed by atoms with E-state index in [0.717, 1.165) is 0 Å². The molecule has 0 aromatic carbocycles. The van der Waals surface area contributed by atoms with Crippen molar-refractivity contribution in [1.82, 2.24) is 0 Å². The molecule has 0 aromatic heterocycles. The number of methoxy groups -OCH3 is 6. The number of hydrogen-bond acceptors (Lipinski definition) is 14. The quantitative estimate of drug-likeness (QED) is 0.446. The van der Waals surface area contributed by atoms with Gasteiger partial charge in [-0.05, 0) is 41.5 Å². The lowest BCUT2D eigenvalue weighted by molar-refractivity contribution is -0.477. The van der Waals surface area contributed by atoms with E-state index in [2.05, 4.69) is 0 Å². The third kappa shape index (κ3) is 5.69. The van der Waals surface area contributed by atoms with Crippen LogP contribution in [-0.2, 0) is 56.8 Å². The Kier molecular flexibility index (Phi) is 10.7. The first-order valence-corrected chi connectivity index (χ1v) is 13.3. The zero-order chi connectivity index (χ0) is 30.3. The van der Waals surface area contributed by atoms with Gasteiger partial charge in [-0.25, -0.2) is 0 Å². The van der Waals surface area contributed by atoms with Crippen LogP contribution in [-0.4, -0.2) is 137 Å². The van der Waals surface area contributed by atoms with E-state index in [0.29, 0.717) is 0 Å². The molecule has 0 amide bonds. The highest BCUT2D eigenvalue weighted by atomic mass is 16.8. The first-order valence-electron chi connectivity index (χ1n) is 13.3. The maximum absolute atomic E-state index is 10.3. The Morgan fingerprint density at radius 3 is 0.950 bits per heavy atom. The molecule has 0 unspecified atom stereocenters. The van der Waals surface area contributed by atoms with Crippen LogP contribution < -0.4 is 0 Å². The zero-order valence-electron chi connectivity index (χ0n) is 25.6. The van der Waals surface area contributed by atoms with E-state index >= 15 is 0 Å². The largest absolute Gasteiger partial charge is 0.385 e. The van der Waals surface area contributed by atoms with E-state index in [4.69, 9.17) is 56.8 Å². The van der Waals surface area contributed by atoms with Crippen molar-refractivity contribution >= 4 is 0 Å². The van der Waals surface area contributed by atoms with Gasteiger partial charge < -0.3 is 67.1 Å². The molecule has 14 nitrogen and oxygen atoms in total. The molecule has 14 atom stereocenters. The number of hydrogen-bond donors (Lipinski definition) is 2. The molecule has 4 aliphatic heterocycles. The van der Waals surface area contributed by atoms with Crippen LogP contribution in [0.3, 0.4) is 0 Å². The number of ether oxygens (including phenoxy) is 12. The van der Waals surface area contributed by atoms with Gasteiger partial charge in [0.25, 0.3) is 0 Å². The summed E-state index contributed by atoms with van der Waals surface area (Å²) in [6.45, 7) is 10.6. The standard InChI is InChI=1S/2C13H24O7/c2*1-7-9-10(8(14)11(15-4)18-7)20-13(3,17-6)12(2,16-5)19-9/h2*7-11,14H,1-6H3/t2*7-,8+,9-,10-,11+,12+,13+/m00/s1. The average molecular weight is 585 g/mol. The van der Waals surface area contributed by atoms with Crippen LogP contribution in [0.1, 0.15) is 41.5 Å². The fourth-order valence-corrected chi connectivity index (χ4v) is 5.36. The predicted molar refractivity (Wildman–Crippen MR) is 136 cm³/mol. The van der Waals surface area contributed by atoms with Crippen molar-refractivity contribution in [2.45, 2.75) is 126 Å². The molecule has 236 valence electrons. The predicted octanol–water partition coefficient (Wildman–Crippen LogP) is 0.495. The van der Waals surface area contributed by atoms with Gasteiger partial charge in [-0.15, -0.1) is 0 Å². The summed E-state index contributed by atoms with van der Waals surface area (Å²) in [5, 5.41) is 20.6. The fraction of sp³-hybridized carbons (Fsp3) is 1.00. The van der Waals surface area contributed by atoms with Crippen molar-refractivity contribution in [3.8, 4) is 0 Å². The van der Waals surface area contributed by atoms with Gasteiger partial charge in [-0.1, -0.05) is 0 Å². The second-order valence-electron chi connectivity index (χ2n) is 10.8. The maximum Gasteiger partial charge on any atom is 0.220 e. The van der Waals surface area contributed by atoms with Crippen LogP contribution in [0, 0.1) is 0 Å². The summed E-state index contributed by atoms with van der Waals surface area (Å²) in [4.78, 5) is 0. The van der Waals surface area contributed by atoms with Gasteiger partial charge in [-0.3, -0.25) is 0 Å². The Morgan fingerprint density at radius 1 is 0.475 bits per heavy atom. The lowest BCUT2D eigenvalue weighted by atomic mass is 9.94. The first kappa shape index (κ1) is 33.9. The minimum atomic E-state index is -1.15. The molecular weight excluding hydrogens is 536 g/mol. The highest BCUT2D eigenvalue weighted by Gasteiger charge is 2.63. The second kappa shape index (κ2) is 12.6. The normalized spacial score (nSPS) is 52.6. The van der Waals surface area contributed by atoms with E-state index in [1.54, 1.807) is 27.7 Å². The van der Waals surface area contributed by atoms with E-state index in [1.807, 2.05) is 13.8 Å². The Labute approximate surface area is 236 Å². The Bertz CT molecular complexity index is 769. The van der Waals surface area contributed by atoms with Crippen molar-refractivity contribution in [1.29, 1.82) is 0 Å². The van der Waals surface area contributed by atoms with Crippen LogP contribution in [0.15, 0.2) is 0 Å². The summed E-state index contributed by atoms with van der Waals surface area (Å²) in [7, 11) is 8.99. The number of aliphatic hydroxyl groups excluding tert-OH is 2. The van der Waals surface area contributed by atoms with E-state index in [-0.39, 0.29) is 12.2 Å². The SMILES string of the molecule is CO[C@@H]1O[C@@H](C)[C@@H]2O[C@@](C)(OC)[C@](C)(OC)O[C@H]2[C@H]1O.CO[C@@H]1O[C@@H](C)[C@@H]2O[C@@](C)(OC)[C@](C)(OC)O[C@H]2[C@H]1O. The molecular formula is C26H48O14. The molecule has 14 heteroatoms. The van der Waals surface area contributed by atoms with Crippen LogP contribution in [0.5, 0.6) is 0 Å². The number of rotatable bonds is 6. The Morgan fingerprint density at radius 2 is 0.725 bits per heavy atom. The summed E-state index contributed by atoms with van der Waals surface area (Å²) in [5.74, 6) is -4.53. The minimum Gasteiger partial charge on any atom is -0.385 e. The molecule has 4 aliphatic rings. The van der Waals surface area contributed by atoms with E-state index in [1.165, 1.54) is 42.7 Å². The lowest BCUT2D eigenvalue weighted by Gasteiger charge is -2.56. The molecule has 40 heavy (non-hydrogen) atoms. The molecule has 4 heterocycles. The van der Waals surface area contributed by atoms with Crippen molar-refractivity contribution < 1.29 is 67.1 Å². The summed E-state index contributed by atoms with van der Waals surface area (Å²) in [6.07, 6.45) is -6.32. The summed E-state index contributed by atoms with van der Waals surface area (Å²) < 4.78 is 67.0. The third-order valence-electron chi connectivity index (χ3n) is 8.62. The van der Waals surface area contributed by atoms with Gasteiger partial charge >= 0.3 is 0 Å². The molecule has 0 saturated carbocycles. The highest BCUT2D eigenvalue weighted by molar-refractivity contribution is 5.00. The van der Waals surface area contributed by atoms with Gasteiger partial charge in [0.15, 0.2) is 12.6 Å². The van der Waals surface area contributed by atoms with Crippen molar-refractivity contribution in [3.63, 3.8) is 0 Å². The van der Waals surface area contributed by atoms with Gasteiger partial charge in [0.1, 0.15) is 36.6 Å². The van der Waals surface area contributed by atoms with E-state index in [9.17, 15) is 10.2 Å². The van der Waals surface area contributed by atoms with Gasteiger partial charge in [-0.2, -0.15) is 0 Å². The van der Waals surface area contributed by atoms with Gasteiger partial charge in [0.2, 0.25) is 23.1 Å². The van der Waals surface area contributed by atoms with Crippen LogP contribution >= 0.6 is 0 Å².